The van der Waals surface area contributed by atoms with E-state index in [-0.39, 0.29) is 5.91 Å². The topological polar surface area (TPSA) is 46.9 Å². The standard InChI is InChI=1S/C9H14N3O/c1-2-4-11-9(13)3-6-12-7-5-10-8-12/h7-8H,2-4,6H2,1H3,(H,11,13). The zero-order chi connectivity index (χ0) is 9.52. The maximum atomic E-state index is 11.1. The number of aromatic nitrogens is 2. The number of carbonyl (C=O) groups excluding carboxylic acids is 1. The fourth-order valence-electron chi connectivity index (χ4n) is 0.954. The monoisotopic (exact) mass is 180 g/mol. The number of amides is 1. The van der Waals surface area contributed by atoms with E-state index in [1.54, 1.807) is 12.5 Å². The summed E-state index contributed by atoms with van der Waals surface area (Å²) in [5.41, 5.74) is 0. The van der Waals surface area contributed by atoms with Crippen molar-refractivity contribution in [3.63, 3.8) is 0 Å². The highest BCUT2D eigenvalue weighted by Gasteiger charge is 1.99. The average Bonchev–Trinajstić information content (AvgIpc) is 2.64. The number of imidazole rings is 1. The second-order valence-corrected chi connectivity index (χ2v) is 2.84. The van der Waals surface area contributed by atoms with Gasteiger partial charge in [0.2, 0.25) is 5.91 Å². The molecule has 0 spiro atoms. The van der Waals surface area contributed by atoms with E-state index in [0.29, 0.717) is 13.0 Å². The zero-order valence-corrected chi connectivity index (χ0v) is 7.79. The van der Waals surface area contributed by atoms with Gasteiger partial charge in [-0.2, -0.15) is 0 Å². The lowest BCUT2D eigenvalue weighted by atomic mass is 10.4. The van der Waals surface area contributed by atoms with Gasteiger partial charge in [0, 0.05) is 25.7 Å². The number of nitrogens with one attached hydrogen (secondary N) is 1. The molecule has 0 aliphatic heterocycles. The summed E-state index contributed by atoms with van der Waals surface area (Å²) in [4.78, 5) is 14.9. The number of carbonyl (C=O) groups is 1. The molecule has 0 aliphatic carbocycles. The summed E-state index contributed by atoms with van der Waals surface area (Å²) >= 11 is 0. The number of aryl methyl sites for hydroxylation is 1. The van der Waals surface area contributed by atoms with Crippen LogP contribution in [-0.2, 0) is 11.3 Å². The molecule has 0 saturated carbocycles. The Labute approximate surface area is 78.0 Å². The predicted molar refractivity (Wildman–Crippen MR) is 49.0 cm³/mol. The quantitative estimate of drug-likeness (QED) is 0.721. The van der Waals surface area contributed by atoms with Gasteiger partial charge in [0.25, 0.3) is 0 Å². The molecule has 1 N–H and O–H groups in total. The molecular weight excluding hydrogens is 166 g/mol. The van der Waals surface area contributed by atoms with E-state index in [4.69, 9.17) is 0 Å². The number of hydrogen-bond acceptors (Lipinski definition) is 2. The second kappa shape index (κ2) is 5.35. The summed E-state index contributed by atoms with van der Waals surface area (Å²) < 4.78 is 1.84. The molecular formula is C9H14N3O. The SMILES string of the molecule is CCCNC(=O)CCn1c[c]nc1. The zero-order valence-electron chi connectivity index (χ0n) is 7.79. The summed E-state index contributed by atoms with van der Waals surface area (Å²) in [5, 5.41) is 2.81. The van der Waals surface area contributed by atoms with E-state index in [1.165, 1.54) is 0 Å². The van der Waals surface area contributed by atoms with Gasteiger partial charge in [-0.05, 0) is 6.42 Å². The smallest absolute Gasteiger partial charge is 0.221 e. The molecule has 71 valence electrons. The highest BCUT2D eigenvalue weighted by molar-refractivity contribution is 5.75. The largest absolute Gasteiger partial charge is 0.356 e. The van der Waals surface area contributed by atoms with Crippen molar-refractivity contribution in [1.29, 1.82) is 0 Å². The van der Waals surface area contributed by atoms with Gasteiger partial charge in [0.1, 0.15) is 6.20 Å². The van der Waals surface area contributed by atoms with Crippen molar-refractivity contribution in [2.45, 2.75) is 26.3 Å². The number of hydrogen-bond donors (Lipinski definition) is 1. The van der Waals surface area contributed by atoms with Crippen molar-refractivity contribution in [3.05, 3.63) is 18.7 Å². The molecule has 0 fully saturated rings. The predicted octanol–water partition coefficient (Wildman–Crippen LogP) is 0.600. The Morgan fingerprint density at radius 3 is 3.15 bits per heavy atom. The summed E-state index contributed by atoms with van der Waals surface area (Å²) in [5.74, 6) is 0.0931. The molecule has 1 aromatic heterocycles. The highest BCUT2D eigenvalue weighted by atomic mass is 16.1. The third-order valence-electron chi connectivity index (χ3n) is 1.67. The van der Waals surface area contributed by atoms with E-state index in [1.807, 2.05) is 11.5 Å². The Morgan fingerprint density at radius 1 is 1.69 bits per heavy atom. The van der Waals surface area contributed by atoms with Crippen LogP contribution in [0.1, 0.15) is 19.8 Å². The van der Waals surface area contributed by atoms with Crippen LogP contribution >= 0.6 is 0 Å². The van der Waals surface area contributed by atoms with Crippen molar-refractivity contribution in [3.8, 4) is 0 Å². The average molecular weight is 180 g/mol. The molecule has 13 heavy (non-hydrogen) atoms. The van der Waals surface area contributed by atoms with E-state index < -0.39 is 0 Å². The van der Waals surface area contributed by atoms with Crippen LogP contribution in [0.3, 0.4) is 0 Å². The summed E-state index contributed by atoms with van der Waals surface area (Å²) in [7, 11) is 0. The van der Waals surface area contributed by atoms with Crippen molar-refractivity contribution < 1.29 is 4.79 Å². The molecule has 1 rings (SSSR count). The first-order chi connectivity index (χ1) is 6.33. The van der Waals surface area contributed by atoms with Gasteiger partial charge < -0.3 is 9.88 Å². The molecule has 0 saturated heterocycles. The third-order valence-corrected chi connectivity index (χ3v) is 1.67. The molecule has 0 unspecified atom stereocenters. The van der Waals surface area contributed by atoms with E-state index >= 15 is 0 Å². The minimum atomic E-state index is 0.0931. The molecule has 1 heterocycles. The molecule has 0 aromatic carbocycles. The molecule has 0 aliphatic rings. The first kappa shape index (κ1) is 9.77. The minimum absolute atomic E-state index is 0.0931. The van der Waals surface area contributed by atoms with Gasteiger partial charge in [-0.15, -0.1) is 0 Å². The lowest BCUT2D eigenvalue weighted by molar-refractivity contribution is -0.121. The molecule has 4 heteroatoms. The molecule has 1 radical (unpaired) electrons. The Hall–Kier alpha value is -1.32. The Morgan fingerprint density at radius 2 is 2.54 bits per heavy atom. The van der Waals surface area contributed by atoms with E-state index in [0.717, 1.165) is 13.0 Å². The summed E-state index contributed by atoms with van der Waals surface area (Å²) in [6.07, 6.45) is 7.55. The first-order valence-electron chi connectivity index (χ1n) is 4.47. The Bertz CT molecular complexity index is 243. The number of nitrogens with zero attached hydrogens (tertiary/aromatic N) is 2. The van der Waals surface area contributed by atoms with Crippen LogP contribution in [0.5, 0.6) is 0 Å². The van der Waals surface area contributed by atoms with Crippen LogP contribution in [0.25, 0.3) is 0 Å². The van der Waals surface area contributed by atoms with Gasteiger partial charge >= 0.3 is 0 Å². The Kier molecular flexibility index (Phi) is 4.02. The van der Waals surface area contributed by atoms with Gasteiger partial charge in [-0.25, -0.2) is 4.98 Å². The minimum Gasteiger partial charge on any atom is -0.356 e. The third kappa shape index (κ3) is 3.73. The van der Waals surface area contributed by atoms with Crippen LogP contribution < -0.4 is 5.32 Å². The van der Waals surface area contributed by atoms with Crippen LogP contribution in [0.2, 0.25) is 0 Å². The van der Waals surface area contributed by atoms with Crippen molar-refractivity contribution in [2.75, 3.05) is 6.54 Å². The van der Waals surface area contributed by atoms with Gasteiger partial charge in [0.15, 0.2) is 0 Å². The van der Waals surface area contributed by atoms with Gasteiger partial charge in [0.05, 0.1) is 6.33 Å². The maximum absolute atomic E-state index is 11.1. The molecule has 0 atom stereocenters. The maximum Gasteiger partial charge on any atom is 0.221 e. The number of rotatable bonds is 5. The van der Waals surface area contributed by atoms with Crippen LogP contribution in [-0.4, -0.2) is 22.0 Å². The molecule has 1 amide bonds. The van der Waals surface area contributed by atoms with Gasteiger partial charge in [-0.1, -0.05) is 6.92 Å². The van der Waals surface area contributed by atoms with Crippen LogP contribution in [0.15, 0.2) is 12.5 Å². The van der Waals surface area contributed by atoms with Gasteiger partial charge in [-0.3, -0.25) is 4.79 Å². The van der Waals surface area contributed by atoms with E-state index in [9.17, 15) is 4.79 Å². The van der Waals surface area contributed by atoms with E-state index in [2.05, 4.69) is 16.5 Å². The fraction of sp³-hybridized carbons (Fsp3) is 0.556. The normalized spacial score (nSPS) is 9.92. The first-order valence-corrected chi connectivity index (χ1v) is 4.47. The molecule has 1 aromatic rings. The van der Waals surface area contributed by atoms with Crippen LogP contribution in [0, 0.1) is 6.20 Å². The fourth-order valence-corrected chi connectivity index (χ4v) is 0.954. The van der Waals surface area contributed by atoms with Crippen molar-refractivity contribution in [1.82, 2.24) is 14.9 Å². The summed E-state index contributed by atoms with van der Waals surface area (Å²) in [6.45, 7) is 3.46. The van der Waals surface area contributed by atoms with Crippen molar-refractivity contribution in [2.24, 2.45) is 0 Å². The van der Waals surface area contributed by atoms with Crippen molar-refractivity contribution >= 4 is 5.91 Å². The Balaban J connectivity index is 2.15. The lowest BCUT2D eigenvalue weighted by Gasteiger charge is -2.03. The molecule has 4 nitrogen and oxygen atoms in total. The second-order valence-electron chi connectivity index (χ2n) is 2.84. The van der Waals surface area contributed by atoms with Crippen LogP contribution in [0.4, 0.5) is 0 Å². The lowest BCUT2D eigenvalue weighted by Crippen LogP contribution is -2.24. The highest BCUT2D eigenvalue weighted by Crippen LogP contribution is 1.89. The molecule has 0 bridgehead atoms. The summed E-state index contributed by atoms with van der Waals surface area (Å²) in [6, 6.07) is 0.